The predicted molar refractivity (Wildman–Crippen MR) is 133 cm³/mol. The summed E-state index contributed by atoms with van der Waals surface area (Å²) in [6, 6.07) is 31.3. The number of hydrogen-bond acceptors (Lipinski definition) is 3. The number of hydrogen-bond donors (Lipinski definition) is 0. The molecule has 0 aliphatic heterocycles. The lowest BCUT2D eigenvalue weighted by Crippen LogP contribution is -2.33. The van der Waals surface area contributed by atoms with Gasteiger partial charge in [0.1, 0.15) is 19.4 Å². The van der Waals surface area contributed by atoms with Gasteiger partial charge in [-0.1, -0.05) is 66.7 Å². The summed E-state index contributed by atoms with van der Waals surface area (Å²) in [6.45, 7) is 0.528. The highest BCUT2D eigenvalue weighted by atomic mass is 16.5. The quantitative estimate of drug-likeness (QED) is 0.212. The van der Waals surface area contributed by atoms with E-state index in [2.05, 4.69) is 0 Å². The summed E-state index contributed by atoms with van der Waals surface area (Å²) in [6.07, 6.45) is 3.98. The first-order valence-electron chi connectivity index (χ1n) is 11.1. The van der Waals surface area contributed by atoms with Crippen LogP contribution in [0, 0.1) is 0 Å². The minimum atomic E-state index is -1.17. The molecule has 166 valence electrons. The van der Waals surface area contributed by atoms with Gasteiger partial charge in [0.25, 0.3) is 0 Å². The van der Waals surface area contributed by atoms with Crippen LogP contribution in [0.25, 0.3) is 34.0 Å². The van der Waals surface area contributed by atoms with Crippen LogP contribution in [0.2, 0.25) is 0 Å². The zero-order chi connectivity index (χ0) is 23.5. The number of carbonyl (C=O) groups is 1. The van der Waals surface area contributed by atoms with Crippen molar-refractivity contribution in [3.05, 3.63) is 119 Å². The Morgan fingerprint density at radius 3 is 2.21 bits per heavy atom. The lowest BCUT2D eigenvalue weighted by atomic mass is 10.00. The molecule has 4 aromatic carbocycles. The third-order valence-corrected chi connectivity index (χ3v) is 5.99. The summed E-state index contributed by atoms with van der Waals surface area (Å²) < 4.78 is 7.86. The number of carboxylic acid groups (broad SMARTS) is 1. The molecule has 0 amide bonds. The molecule has 0 fully saturated rings. The van der Waals surface area contributed by atoms with Gasteiger partial charge in [-0.25, -0.2) is 0 Å². The van der Waals surface area contributed by atoms with Crippen LogP contribution in [0.4, 0.5) is 0 Å². The van der Waals surface area contributed by atoms with Crippen molar-refractivity contribution >= 4 is 39.9 Å². The Labute approximate surface area is 198 Å². The third-order valence-electron chi connectivity index (χ3n) is 5.99. The van der Waals surface area contributed by atoms with E-state index in [1.807, 2.05) is 121 Å². The smallest absolute Gasteiger partial charge is 0.213 e. The number of pyridine rings is 1. The van der Waals surface area contributed by atoms with Crippen LogP contribution in [0.1, 0.15) is 27.0 Å². The summed E-state index contributed by atoms with van der Waals surface area (Å²) in [5.41, 5.74) is 4.98. The van der Waals surface area contributed by atoms with E-state index < -0.39 is 5.97 Å². The minimum absolute atomic E-state index is 0.221. The molecule has 5 aromatic rings. The summed E-state index contributed by atoms with van der Waals surface area (Å²) >= 11 is 0. The second-order valence-corrected chi connectivity index (χ2v) is 8.19. The van der Waals surface area contributed by atoms with Crippen molar-refractivity contribution in [2.45, 2.75) is 6.61 Å². The fraction of sp³-hybridized carbons (Fsp3) is 0.0667. The van der Waals surface area contributed by atoms with Crippen LogP contribution >= 0.6 is 0 Å². The van der Waals surface area contributed by atoms with Crippen LogP contribution < -0.4 is 14.4 Å². The Morgan fingerprint density at radius 2 is 1.44 bits per heavy atom. The molecule has 4 nitrogen and oxygen atoms in total. The lowest BCUT2D eigenvalue weighted by Gasteiger charge is -2.11. The molecule has 4 heteroatoms. The van der Waals surface area contributed by atoms with Gasteiger partial charge in [-0.3, -0.25) is 0 Å². The lowest BCUT2D eigenvalue weighted by molar-refractivity contribution is -0.617. The maximum Gasteiger partial charge on any atom is 0.213 e. The Morgan fingerprint density at radius 1 is 0.794 bits per heavy atom. The summed E-state index contributed by atoms with van der Waals surface area (Å²) in [7, 11) is 1.95. The number of aryl methyl sites for hydroxylation is 1. The number of para-hydroxylation sites is 1. The first-order chi connectivity index (χ1) is 16.6. The molecule has 0 atom stereocenters. The Balaban J connectivity index is 1.41. The molecule has 0 saturated carbocycles. The normalized spacial score (nSPS) is 11.3. The van der Waals surface area contributed by atoms with Crippen molar-refractivity contribution in [1.29, 1.82) is 0 Å². The standard InChI is InChI=1S/C30H23NO3/c1-31-27-10-6-5-9-25(27)29(30(32)33)26-19-22(15-18-28(26)31)12-11-21-13-16-24(17-14-21)34-20-23-7-3-2-4-8-23/h2-19H,20H2,1H3. The SMILES string of the molecule is C[n+]1c2ccccc2c(C(=O)[O-])c2cc(C=Cc3ccc(OCc4ccccc4)cc3)ccc21. The Hall–Kier alpha value is -4.44. The number of aromatic nitrogens is 1. The number of rotatable bonds is 6. The van der Waals surface area contributed by atoms with Gasteiger partial charge >= 0.3 is 0 Å². The first-order valence-corrected chi connectivity index (χ1v) is 11.1. The van der Waals surface area contributed by atoms with Crippen LogP contribution in [0.5, 0.6) is 5.75 Å². The van der Waals surface area contributed by atoms with Gasteiger partial charge in [0.15, 0.2) is 0 Å². The molecular weight excluding hydrogens is 422 g/mol. The second-order valence-electron chi connectivity index (χ2n) is 8.19. The van der Waals surface area contributed by atoms with E-state index in [-0.39, 0.29) is 5.56 Å². The van der Waals surface area contributed by atoms with Gasteiger partial charge in [-0.15, -0.1) is 0 Å². The molecule has 0 unspecified atom stereocenters. The molecule has 0 saturated heterocycles. The average molecular weight is 446 g/mol. The van der Waals surface area contributed by atoms with Crippen LogP contribution in [-0.4, -0.2) is 5.97 Å². The van der Waals surface area contributed by atoms with Crippen molar-refractivity contribution in [3.63, 3.8) is 0 Å². The Bertz CT molecular complexity index is 1520. The monoisotopic (exact) mass is 445 g/mol. The summed E-state index contributed by atoms with van der Waals surface area (Å²) in [5, 5.41) is 13.4. The maximum absolute atomic E-state index is 12.1. The van der Waals surface area contributed by atoms with E-state index in [0.29, 0.717) is 17.4 Å². The molecule has 0 aliphatic carbocycles. The number of ether oxygens (including phenoxy) is 1. The van der Waals surface area contributed by atoms with Gasteiger partial charge in [0.05, 0.1) is 16.7 Å². The molecule has 34 heavy (non-hydrogen) atoms. The number of fused-ring (bicyclic) bond motifs is 2. The van der Waals surface area contributed by atoms with Crippen LogP contribution in [-0.2, 0) is 13.7 Å². The number of aromatic carboxylic acids is 1. The summed E-state index contributed by atoms with van der Waals surface area (Å²) in [4.78, 5) is 12.1. The van der Waals surface area contributed by atoms with Crippen molar-refractivity contribution in [1.82, 2.24) is 0 Å². The highest BCUT2D eigenvalue weighted by molar-refractivity contribution is 6.11. The van der Waals surface area contributed by atoms with E-state index in [4.69, 9.17) is 4.74 Å². The van der Waals surface area contributed by atoms with Crippen molar-refractivity contribution in [2.75, 3.05) is 0 Å². The van der Waals surface area contributed by atoms with Gasteiger partial charge in [-0.2, -0.15) is 4.57 Å². The number of nitrogens with zero attached hydrogens (tertiary/aromatic N) is 1. The zero-order valence-electron chi connectivity index (χ0n) is 18.8. The molecule has 0 radical (unpaired) electrons. The van der Waals surface area contributed by atoms with Crippen molar-refractivity contribution in [3.8, 4) is 5.75 Å². The largest absolute Gasteiger partial charge is 0.545 e. The van der Waals surface area contributed by atoms with E-state index in [0.717, 1.165) is 33.5 Å². The molecule has 0 spiro atoms. The number of carbonyl (C=O) groups excluding carboxylic acids is 1. The zero-order valence-corrected chi connectivity index (χ0v) is 18.8. The second kappa shape index (κ2) is 9.20. The van der Waals surface area contributed by atoms with Gasteiger partial charge < -0.3 is 14.6 Å². The van der Waals surface area contributed by atoms with E-state index >= 15 is 0 Å². The topological polar surface area (TPSA) is 53.2 Å². The Kier molecular flexibility index (Phi) is 5.79. The molecule has 0 aliphatic rings. The van der Waals surface area contributed by atoms with Gasteiger partial charge in [-0.05, 0) is 47.0 Å². The molecular formula is C30H23NO3. The van der Waals surface area contributed by atoms with E-state index in [1.54, 1.807) is 0 Å². The maximum atomic E-state index is 12.1. The van der Waals surface area contributed by atoms with Gasteiger partial charge in [0, 0.05) is 17.7 Å². The molecule has 1 aromatic heterocycles. The van der Waals surface area contributed by atoms with Crippen molar-refractivity contribution < 1.29 is 19.2 Å². The highest BCUT2D eigenvalue weighted by Gasteiger charge is 2.18. The molecule has 0 N–H and O–H groups in total. The van der Waals surface area contributed by atoms with E-state index in [1.165, 1.54) is 0 Å². The molecule has 1 heterocycles. The predicted octanol–water partition coefficient (Wildman–Crippen LogP) is 4.93. The molecule has 0 bridgehead atoms. The first kappa shape index (κ1) is 21.4. The number of carboxylic acids is 1. The third kappa shape index (κ3) is 4.26. The number of benzene rings is 4. The van der Waals surface area contributed by atoms with E-state index in [9.17, 15) is 9.90 Å². The fourth-order valence-corrected chi connectivity index (χ4v) is 4.23. The average Bonchev–Trinajstić information content (AvgIpc) is 2.87. The highest BCUT2D eigenvalue weighted by Crippen LogP contribution is 2.26. The fourth-order valence-electron chi connectivity index (χ4n) is 4.23. The molecule has 5 rings (SSSR count). The minimum Gasteiger partial charge on any atom is -0.545 e. The van der Waals surface area contributed by atoms with Crippen LogP contribution in [0.3, 0.4) is 0 Å². The van der Waals surface area contributed by atoms with Crippen molar-refractivity contribution in [2.24, 2.45) is 7.05 Å². The summed E-state index contributed by atoms with van der Waals surface area (Å²) in [5.74, 6) is -0.362. The van der Waals surface area contributed by atoms with Gasteiger partial charge in [0.2, 0.25) is 11.0 Å². The van der Waals surface area contributed by atoms with Crippen LogP contribution in [0.15, 0.2) is 97.1 Å².